The van der Waals surface area contributed by atoms with Gasteiger partial charge < -0.3 is 14.7 Å². The van der Waals surface area contributed by atoms with Crippen LogP contribution in [-0.2, 0) is 9.53 Å². The summed E-state index contributed by atoms with van der Waals surface area (Å²) in [7, 11) is 1.54. The fourth-order valence-corrected chi connectivity index (χ4v) is 3.73. The maximum Gasteiger partial charge on any atom is 0.290 e. The number of nitrogens with zero attached hydrogens (tertiary/aromatic N) is 1. The summed E-state index contributed by atoms with van der Waals surface area (Å²) < 4.78 is 19.5. The van der Waals surface area contributed by atoms with Gasteiger partial charge in [0.2, 0.25) is 5.78 Å². The number of thiophene rings is 1. The van der Waals surface area contributed by atoms with Crippen molar-refractivity contribution in [2.45, 2.75) is 12.5 Å². The van der Waals surface area contributed by atoms with E-state index in [1.807, 2.05) is 0 Å². The van der Waals surface area contributed by atoms with E-state index in [1.165, 1.54) is 34.4 Å². The number of carbonyl (C=O) groups excluding carboxylic acids is 2. The molecule has 1 aliphatic rings. The average Bonchev–Trinajstić information content (AvgIpc) is 3.25. The summed E-state index contributed by atoms with van der Waals surface area (Å²) in [6.07, 6.45) is 0.501. The number of hydrogen-bond donors (Lipinski definition) is 1. The molecule has 1 atom stereocenters. The molecule has 1 aliphatic heterocycles. The normalized spacial score (nSPS) is 17.2. The minimum atomic E-state index is -0.963. The van der Waals surface area contributed by atoms with Crippen molar-refractivity contribution in [2.24, 2.45) is 0 Å². The predicted octanol–water partition coefficient (Wildman–Crippen LogP) is 3.50. The zero-order valence-corrected chi connectivity index (χ0v) is 15.0. The number of halogens is 1. The lowest BCUT2D eigenvalue weighted by Crippen LogP contribution is -2.33. The van der Waals surface area contributed by atoms with Crippen LogP contribution in [0.2, 0.25) is 0 Å². The van der Waals surface area contributed by atoms with Crippen molar-refractivity contribution in [3.05, 3.63) is 69.4 Å². The Kier molecular flexibility index (Phi) is 5.49. The lowest BCUT2D eigenvalue weighted by Gasteiger charge is -2.27. The maximum atomic E-state index is 14.5. The molecule has 1 aromatic heterocycles. The number of amides is 1. The van der Waals surface area contributed by atoms with Crippen LogP contribution in [-0.4, -0.2) is 42.0 Å². The highest BCUT2D eigenvalue weighted by molar-refractivity contribution is 7.12. The number of hydrogen-bond acceptors (Lipinski definition) is 5. The van der Waals surface area contributed by atoms with Crippen LogP contribution >= 0.6 is 11.3 Å². The zero-order valence-electron chi connectivity index (χ0n) is 14.1. The van der Waals surface area contributed by atoms with Crippen LogP contribution in [0.15, 0.2) is 53.1 Å². The molecule has 136 valence electrons. The Labute approximate surface area is 154 Å². The lowest BCUT2D eigenvalue weighted by molar-refractivity contribution is -0.129. The van der Waals surface area contributed by atoms with E-state index in [-0.39, 0.29) is 17.7 Å². The Hall–Kier alpha value is -2.51. The van der Waals surface area contributed by atoms with Crippen LogP contribution in [0.5, 0.6) is 0 Å². The fraction of sp³-hybridized carbons (Fsp3) is 0.263. The first-order valence-corrected chi connectivity index (χ1v) is 9.00. The first-order valence-electron chi connectivity index (χ1n) is 8.12. The fourth-order valence-electron chi connectivity index (χ4n) is 3.06. The summed E-state index contributed by atoms with van der Waals surface area (Å²) >= 11 is 1.21. The van der Waals surface area contributed by atoms with Gasteiger partial charge in [0, 0.05) is 25.8 Å². The van der Waals surface area contributed by atoms with Crippen LogP contribution in [0.3, 0.4) is 0 Å². The number of ether oxygens (including phenoxy) is 1. The molecular weight excluding hydrogens is 357 g/mol. The predicted molar refractivity (Wildman–Crippen MR) is 95.7 cm³/mol. The standard InChI is InChI=1S/C19H18FNO4S/c1-25-10-5-9-21-16(12-6-2-3-7-13(12)20)15(18(23)19(21)24)17(22)14-8-4-11-26-14/h2-4,6-8,11,16,23H,5,9-10H2,1H3. The molecule has 0 saturated heterocycles. The zero-order chi connectivity index (χ0) is 18.7. The molecule has 26 heavy (non-hydrogen) atoms. The van der Waals surface area contributed by atoms with E-state index in [9.17, 15) is 19.1 Å². The monoisotopic (exact) mass is 375 g/mol. The molecule has 1 unspecified atom stereocenters. The van der Waals surface area contributed by atoms with Gasteiger partial charge in [-0.1, -0.05) is 24.3 Å². The van der Waals surface area contributed by atoms with Gasteiger partial charge >= 0.3 is 0 Å². The molecule has 0 saturated carbocycles. The van der Waals surface area contributed by atoms with E-state index >= 15 is 0 Å². The van der Waals surface area contributed by atoms with Gasteiger partial charge in [0.25, 0.3) is 5.91 Å². The van der Waals surface area contributed by atoms with Gasteiger partial charge in [0.05, 0.1) is 16.5 Å². The number of benzene rings is 1. The Balaban J connectivity index is 2.05. The molecule has 0 bridgehead atoms. The molecule has 0 aliphatic carbocycles. The highest BCUT2D eigenvalue weighted by Crippen LogP contribution is 2.40. The Morgan fingerprint density at radius 1 is 1.31 bits per heavy atom. The molecule has 3 rings (SSSR count). The Morgan fingerprint density at radius 2 is 2.08 bits per heavy atom. The van der Waals surface area contributed by atoms with E-state index in [2.05, 4.69) is 0 Å². The molecule has 1 aromatic carbocycles. The number of aliphatic hydroxyl groups excluding tert-OH is 1. The Bertz CT molecular complexity index is 847. The summed E-state index contributed by atoms with van der Waals surface area (Å²) in [5.74, 6) is -2.29. The number of methoxy groups -OCH3 is 1. The number of aliphatic hydroxyl groups is 1. The molecule has 0 fully saturated rings. The average molecular weight is 375 g/mol. The molecule has 2 aromatic rings. The summed E-state index contributed by atoms with van der Waals surface area (Å²) in [4.78, 5) is 27.2. The molecule has 1 N–H and O–H groups in total. The van der Waals surface area contributed by atoms with E-state index in [0.29, 0.717) is 17.9 Å². The van der Waals surface area contributed by atoms with Crippen LogP contribution in [0.1, 0.15) is 27.7 Å². The highest BCUT2D eigenvalue weighted by atomic mass is 32.1. The van der Waals surface area contributed by atoms with Crippen molar-refractivity contribution in [3.8, 4) is 0 Å². The first kappa shape index (κ1) is 18.3. The third-order valence-corrected chi connectivity index (χ3v) is 5.11. The van der Waals surface area contributed by atoms with Crippen LogP contribution in [0.25, 0.3) is 0 Å². The largest absolute Gasteiger partial charge is 0.503 e. The molecule has 1 amide bonds. The number of carbonyl (C=O) groups is 2. The summed E-state index contributed by atoms with van der Waals surface area (Å²) in [5.41, 5.74) is 0.0992. The first-order chi connectivity index (χ1) is 12.6. The van der Waals surface area contributed by atoms with Crippen LogP contribution in [0.4, 0.5) is 4.39 Å². The third-order valence-electron chi connectivity index (χ3n) is 4.24. The van der Waals surface area contributed by atoms with Gasteiger partial charge in [-0.25, -0.2) is 4.39 Å². The van der Waals surface area contributed by atoms with Crippen molar-refractivity contribution < 1.29 is 23.8 Å². The quantitative estimate of drug-likeness (QED) is 0.594. The molecule has 0 radical (unpaired) electrons. The second-order valence-corrected chi connectivity index (χ2v) is 6.79. The van der Waals surface area contributed by atoms with E-state index in [0.717, 1.165) is 0 Å². The highest BCUT2D eigenvalue weighted by Gasteiger charge is 2.44. The minimum absolute atomic E-state index is 0.0834. The summed E-state index contributed by atoms with van der Waals surface area (Å²) in [5, 5.41) is 12.1. The summed E-state index contributed by atoms with van der Waals surface area (Å²) in [6, 6.07) is 8.33. The van der Waals surface area contributed by atoms with Crippen molar-refractivity contribution in [2.75, 3.05) is 20.3 Å². The van der Waals surface area contributed by atoms with Crippen molar-refractivity contribution >= 4 is 23.0 Å². The molecular formula is C19H18FNO4S. The Morgan fingerprint density at radius 3 is 2.73 bits per heavy atom. The number of rotatable bonds is 7. The second kappa shape index (κ2) is 7.80. The van der Waals surface area contributed by atoms with E-state index < -0.39 is 29.3 Å². The van der Waals surface area contributed by atoms with Crippen LogP contribution in [0, 0.1) is 5.82 Å². The lowest BCUT2D eigenvalue weighted by atomic mass is 9.95. The number of Topliss-reactive ketones (excluding diaryl/α,β-unsaturated/α-hetero) is 1. The molecule has 5 nitrogen and oxygen atoms in total. The second-order valence-electron chi connectivity index (χ2n) is 5.84. The molecule has 2 heterocycles. The SMILES string of the molecule is COCCCN1C(=O)C(O)=C(C(=O)c2cccs2)C1c1ccccc1F. The van der Waals surface area contributed by atoms with Gasteiger partial charge in [0.1, 0.15) is 5.82 Å². The van der Waals surface area contributed by atoms with Gasteiger partial charge in [-0.05, 0) is 23.9 Å². The van der Waals surface area contributed by atoms with E-state index in [4.69, 9.17) is 4.74 Å². The van der Waals surface area contributed by atoms with Gasteiger partial charge in [-0.15, -0.1) is 11.3 Å². The van der Waals surface area contributed by atoms with Crippen molar-refractivity contribution in [1.29, 1.82) is 0 Å². The number of ketones is 1. The van der Waals surface area contributed by atoms with Crippen molar-refractivity contribution in [1.82, 2.24) is 4.90 Å². The maximum absolute atomic E-state index is 14.5. The van der Waals surface area contributed by atoms with E-state index in [1.54, 1.807) is 30.7 Å². The third kappa shape index (κ3) is 3.27. The molecule has 7 heteroatoms. The van der Waals surface area contributed by atoms with Crippen molar-refractivity contribution in [3.63, 3.8) is 0 Å². The van der Waals surface area contributed by atoms with Gasteiger partial charge in [-0.2, -0.15) is 0 Å². The summed E-state index contributed by atoms with van der Waals surface area (Å²) in [6.45, 7) is 0.639. The smallest absolute Gasteiger partial charge is 0.290 e. The minimum Gasteiger partial charge on any atom is -0.503 e. The molecule has 0 spiro atoms. The van der Waals surface area contributed by atoms with Crippen LogP contribution < -0.4 is 0 Å². The topological polar surface area (TPSA) is 66.8 Å². The van der Waals surface area contributed by atoms with Gasteiger partial charge in [-0.3, -0.25) is 9.59 Å². The van der Waals surface area contributed by atoms with Gasteiger partial charge in [0.15, 0.2) is 5.76 Å².